The minimum Gasteiger partial charge on any atom is -0.267 e. The predicted molar refractivity (Wildman–Crippen MR) is 123 cm³/mol. The van der Waals surface area contributed by atoms with Crippen molar-refractivity contribution in [3.63, 3.8) is 0 Å². The van der Waals surface area contributed by atoms with E-state index in [2.05, 4.69) is 36.3 Å². The van der Waals surface area contributed by atoms with Crippen molar-refractivity contribution in [3.8, 4) is 17.3 Å². The van der Waals surface area contributed by atoms with E-state index >= 15 is 0 Å². The monoisotopic (exact) mass is 498 g/mol. The fourth-order valence-corrected chi connectivity index (χ4v) is 3.42. The minimum absolute atomic E-state index is 0.0198. The van der Waals surface area contributed by atoms with E-state index in [1.54, 1.807) is 17.1 Å². The van der Waals surface area contributed by atoms with Gasteiger partial charge in [-0.05, 0) is 45.6 Å². The highest BCUT2D eigenvalue weighted by Gasteiger charge is 2.19. The fraction of sp³-hybridized carbons (Fsp3) is 0.227. The molecule has 3 rings (SSSR count). The Hall–Kier alpha value is -3.02. The second kappa shape index (κ2) is 10.3. The molecule has 2 heterocycles. The molecule has 0 unspecified atom stereocenters. The van der Waals surface area contributed by atoms with E-state index in [0.717, 1.165) is 16.8 Å². The van der Waals surface area contributed by atoms with Crippen molar-refractivity contribution in [1.82, 2.24) is 20.4 Å². The molecule has 0 radical (unpaired) electrons. The molecule has 7 nitrogen and oxygen atoms in total. The smallest absolute Gasteiger partial charge is 0.267 e. The molecular weight excluding hydrogens is 480 g/mol. The number of halogens is 2. The third-order valence-corrected chi connectivity index (χ3v) is 5.14. The Balaban J connectivity index is 1.83. The molecule has 0 spiro atoms. The summed E-state index contributed by atoms with van der Waals surface area (Å²) < 4.78 is 0.570. The number of benzene rings is 1. The number of nitrogens with zero attached hydrogens (tertiary/aromatic N) is 5. The van der Waals surface area contributed by atoms with Crippen LogP contribution in [0.1, 0.15) is 35.6 Å². The number of carbonyl (C=O) groups excluding carboxylic acids is 1. The summed E-state index contributed by atoms with van der Waals surface area (Å²) in [5.41, 5.74) is 5.94. The normalized spacial score (nSPS) is 10.6. The van der Waals surface area contributed by atoms with Crippen molar-refractivity contribution >= 4 is 39.3 Å². The van der Waals surface area contributed by atoms with Gasteiger partial charge in [0.1, 0.15) is 6.07 Å². The first-order valence-electron chi connectivity index (χ1n) is 9.53. The first-order valence-corrected chi connectivity index (χ1v) is 10.9. The lowest BCUT2D eigenvalue weighted by molar-refractivity contribution is 0.0947. The lowest BCUT2D eigenvalue weighted by Crippen LogP contribution is -2.45. The number of hydrazine groups is 1. The van der Waals surface area contributed by atoms with Crippen LogP contribution < -0.4 is 10.4 Å². The number of pyridine rings is 1. The first-order chi connectivity index (χ1) is 14.9. The molecule has 0 aliphatic heterocycles. The van der Waals surface area contributed by atoms with Crippen LogP contribution in [0.4, 0.5) is 5.82 Å². The van der Waals surface area contributed by atoms with Crippen LogP contribution in [0.15, 0.2) is 53.3 Å². The fourth-order valence-electron chi connectivity index (χ4n) is 2.85. The van der Waals surface area contributed by atoms with Gasteiger partial charge in [0.15, 0.2) is 5.82 Å². The quantitative estimate of drug-likeness (QED) is 0.373. The van der Waals surface area contributed by atoms with Crippen LogP contribution >= 0.6 is 27.5 Å². The van der Waals surface area contributed by atoms with Crippen LogP contribution in [-0.2, 0) is 5.88 Å². The zero-order valence-corrected chi connectivity index (χ0v) is 19.4. The molecule has 1 aromatic carbocycles. The Labute approximate surface area is 194 Å². The van der Waals surface area contributed by atoms with Crippen molar-refractivity contribution < 1.29 is 4.79 Å². The van der Waals surface area contributed by atoms with E-state index < -0.39 is 0 Å². The van der Waals surface area contributed by atoms with Gasteiger partial charge in [0.2, 0.25) is 5.82 Å². The Kier molecular flexibility index (Phi) is 7.55. The summed E-state index contributed by atoms with van der Waals surface area (Å²) in [6.45, 7) is 4.53. The molecule has 158 valence electrons. The van der Waals surface area contributed by atoms with Crippen molar-refractivity contribution in [3.05, 3.63) is 70.2 Å². The molecule has 1 N–H and O–H groups in total. The van der Waals surface area contributed by atoms with Crippen molar-refractivity contribution in [2.75, 3.05) is 11.6 Å². The molecule has 1 amide bonds. The van der Waals surface area contributed by atoms with E-state index in [9.17, 15) is 4.79 Å². The second-order valence-electron chi connectivity index (χ2n) is 7.19. The summed E-state index contributed by atoms with van der Waals surface area (Å²) in [5.74, 6) is 0.745. The molecule has 0 atom stereocenters. The van der Waals surface area contributed by atoms with Gasteiger partial charge in [-0.15, -0.1) is 11.6 Å². The number of hydrogen-bond acceptors (Lipinski definition) is 6. The third-order valence-electron chi connectivity index (χ3n) is 4.27. The third kappa shape index (κ3) is 5.78. The van der Waals surface area contributed by atoms with Crippen LogP contribution in [0.3, 0.4) is 0 Å². The van der Waals surface area contributed by atoms with Gasteiger partial charge in [0.05, 0.1) is 15.7 Å². The van der Waals surface area contributed by atoms with E-state index in [1.165, 1.54) is 12.4 Å². The summed E-state index contributed by atoms with van der Waals surface area (Å²) >= 11 is 9.30. The lowest BCUT2D eigenvalue weighted by Gasteiger charge is -2.26. The highest BCUT2D eigenvalue weighted by atomic mass is 79.9. The Morgan fingerprint density at radius 2 is 2.06 bits per heavy atom. The number of amides is 1. The number of anilines is 1. The van der Waals surface area contributed by atoms with Gasteiger partial charge in [-0.2, -0.15) is 10.2 Å². The molecule has 9 heteroatoms. The highest BCUT2D eigenvalue weighted by molar-refractivity contribution is 9.10. The number of rotatable bonds is 7. The van der Waals surface area contributed by atoms with E-state index in [1.807, 2.05) is 44.2 Å². The predicted octanol–water partition coefficient (Wildman–Crippen LogP) is 4.72. The SMILES string of the molecule is CC(C)CN(NC(=O)c1ccc(-c2cccc(CCl)c2)nc1)c1nc(C#N)ncc1Br. The maximum atomic E-state index is 12.9. The van der Waals surface area contributed by atoms with Crippen LogP contribution in [0, 0.1) is 17.2 Å². The summed E-state index contributed by atoms with van der Waals surface area (Å²) in [4.78, 5) is 25.5. The molecule has 0 saturated heterocycles. The second-order valence-corrected chi connectivity index (χ2v) is 8.31. The summed E-state index contributed by atoms with van der Waals surface area (Å²) in [6.07, 6.45) is 3.02. The molecule has 2 aromatic heterocycles. The number of hydrogen-bond donors (Lipinski definition) is 1. The standard InChI is InChI=1S/C22H20BrClN6O/c1-14(2)13-30(21-18(23)12-27-20(10-25)28-21)29-22(31)17-6-7-19(26-11-17)16-5-3-4-15(8-16)9-24/h3-8,11-12,14H,9,13H2,1-2H3,(H,29,31). The molecule has 31 heavy (non-hydrogen) atoms. The topological polar surface area (TPSA) is 94.8 Å². The van der Waals surface area contributed by atoms with E-state index in [4.69, 9.17) is 16.9 Å². The van der Waals surface area contributed by atoms with Gasteiger partial charge in [0, 0.05) is 30.4 Å². The zero-order chi connectivity index (χ0) is 22.4. The van der Waals surface area contributed by atoms with Crippen molar-refractivity contribution in [2.24, 2.45) is 5.92 Å². The zero-order valence-electron chi connectivity index (χ0n) is 17.0. The minimum atomic E-state index is -0.335. The van der Waals surface area contributed by atoms with Crippen molar-refractivity contribution in [2.45, 2.75) is 19.7 Å². The summed E-state index contributed by atoms with van der Waals surface area (Å²) in [5, 5.41) is 10.7. The maximum Gasteiger partial charge on any atom is 0.271 e. The number of aromatic nitrogens is 3. The molecular formula is C22H20BrClN6O. The number of nitrogens with one attached hydrogen (secondary N) is 1. The number of carbonyl (C=O) groups is 1. The van der Waals surface area contributed by atoms with Crippen LogP contribution in [0.25, 0.3) is 11.3 Å². The number of nitriles is 1. The molecule has 0 fully saturated rings. The van der Waals surface area contributed by atoms with Crippen LogP contribution in [-0.4, -0.2) is 27.4 Å². The van der Waals surface area contributed by atoms with Crippen molar-refractivity contribution in [1.29, 1.82) is 5.26 Å². The summed E-state index contributed by atoms with van der Waals surface area (Å²) in [7, 11) is 0. The average molecular weight is 500 g/mol. The summed E-state index contributed by atoms with van der Waals surface area (Å²) in [6, 6.07) is 13.2. The largest absolute Gasteiger partial charge is 0.271 e. The van der Waals surface area contributed by atoms with Crippen LogP contribution in [0.5, 0.6) is 0 Å². The molecule has 0 aliphatic carbocycles. The Bertz CT molecular complexity index is 1110. The highest BCUT2D eigenvalue weighted by Crippen LogP contribution is 2.23. The van der Waals surface area contributed by atoms with E-state index in [0.29, 0.717) is 28.3 Å². The van der Waals surface area contributed by atoms with Gasteiger partial charge in [-0.3, -0.25) is 20.2 Å². The van der Waals surface area contributed by atoms with Gasteiger partial charge in [-0.25, -0.2) is 4.98 Å². The molecule has 0 saturated carbocycles. The first kappa shape index (κ1) is 22.7. The maximum absolute atomic E-state index is 12.9. The average Bonchev–Trinajstić information content (AvgIpc) is 2.78. The Morgan fingerprint density at radius 1 is 1.26 bits per heavy atom. The lowest BCUT2D eigenvalue weighted by atomic mass is 10.1. The van der Waals surface area contributed by atoms with E-state index in [-0.39, 0.29) is 17.6 Å². The van der Waals surface area contributed by atoms with Crippen LogP contribution in [0.2, 0.25) is 0 Å². The molecule has 0 bridgehead atoms. The Morgan fingerprint density at radius 3 is 2.71 bits per heavy atom. The molecule has 0 aliphatic rings. The van der Waals surface area contributed by atoms with Gasteiger partial charge in [0.25, 0.3) is 5.91 Å². The molecule has 3 aromatic rings. The van der Waals surface area contributed by atoms with Gasteiger partial charge in [-0.1, -0.05) is 32.0 Å². The van der Waals surface area contributed by atoms with Gasteiger partial charge < -0.3 is 0 Å². The van der Waals surface area contributed by atoms with Gasteiger partial charge >= 0.3 is 0 Å². The number of alkyl halides is 1.